The van der Waals surface area contributed by atoms with E-state index in [-0.39, 0.29) is 12.2 Å². The number of phenolic OH excluding ortho intramolecular Hbond substituents is 1. The molecule has 7 nitrogen and oxygen atoms in total. The summed E-state index contributed by atoms with van der Waals surface area (Å²) in [5.41, 5.74) is 0.980. The van der Waals surface area contributed by atoms with E-state index in [0.717, 1.165) is 0 Å². The zero-order chi connectivity index (χ0) is 17.8. The molecular formula is C18H17NO6. The second kappa shape index (κ2) is 7.12. The van der Waals surface area contributed by atoms with Crippen molar-refractivity contribution in [2.45, 2.75) is 12.5 Å². The van der Waals surface area contributed by atoms with Crippen LogP contribution in [0.3, 0.4) is 0 Å². The van der Waals surface area contributed by atoms with Gasteiger partial charge in [-0.05, 0) is 35.9 Å². The van der Waals surface area contributed by atoms with E-state index in [1.807, 2.05) is 0 Å². The highest BCUT2D eigenvalue weighted by Crippen LogP contribution is 2.30. The van der Waals surface area contributed by atoms with Crippen LogP contribution in [0.15, 0.2) is 42.5 Å². The lowest BCUT2D eigenvalue weighted by molar-refractivity contribution is -0.139. The monoisotopic (exact) mass is 343 g/mol. The Kier molecular flexibility index (Phi) is 4.74. The Bertz CT molecular complexity index is 787. The fraction of sp³-hybridized carbons (Fsp3) is 0.222. The Labute approximate surface area is 143 Å². The molecule has 0 radical (unpaired) electrons. The molecule has 3 N–H and O–H groups in total. The van der Waals surface area contributed by atoms with Crippen LogP contribution in [0.5, 0.6) is 17.2 Å². The third kappa shape index (κ3) is 4.00. The lowest BCUT2D eigenvalue weighted by Gasteiger charge is -2.19. The van der Waals surface area contributed by atoms with E-state index >= 15 is 0 Å². The number of ether oxygens (including phenoxy) is 2. The minimum Gasteiger partial charge on any atom is -0.508 e. The van der Waals surface area contributed by atoms with E-state index in [1.54, 1.807) is 24.3 Å². The van der Waals surface area contributed by atoms with Gasteiger partial charge in [-0.2, -0.15) is 0 Å². The number of carboxylic acids is 1. The van der Waals surface area contributed by atoms with Crippen molar-refractivity contribution in [2.75, 3.05) is 13.2 Å². The van der Waals surface area contributed by atoms with Crippen molar-refractivity contribution in [3.63, 3.8) is 0 Å². The van der Waals surface area contributed by atoms with Crippen LogP contribution in [0.25, 0.3) is 0 Å². The van der Waals surface area contributed by atoms with E-state index in [0.29, 0.717) is 35.8 Å². The average molecular weight is 343 g/mol. The molecule has 7 heteroatoms. The molecule has 2 aromatic rings. The van der Waals surface area contributed by atoms with Crippen molar-refractivity contribution >= 4 is 11.9 Å². The molecular weight excluding hydrogens is 326 g/mol. The molecule has 1 unspecified atom stereocenters. The number of nitrogens with one attached hydrogen (secondary N) is 1. The molecule has 0 saturated heterocycles. The predicted octanol–water partition coefficient (Wildman–Crippen LogP) is 1.59. The van der Waals surface area contributed by atoms with Gasteiger partial charge in [0.05, 0.1) is 0 Å². The number of hydrogen-bond donors (Lipinski definition) is 3. The maximum atomic E-state index is 12.4. The second-order valence-electron chi connectivity index (χ2n) is 5.59. The third-order valence-corrected chi connectivity index (χ3v) is 3.78. The summed E-state index contributed by atoms with van der Waals surface area (Å²) in [7, 11) is 0. The first-order valence-corrected chi connectivity index (χ1v) is 7.74. The van der Waals surface area contributed by atoms with Gasteiger partial charge in [-0.1, -0.05) is 12.1 Å². The Morgan fingerprint density at radius 1 is 1.04 bits per heavy atom. The van der Waals surface area contributed by atoms with Crippen molar-refractivity contribution < 1.29 is 29.3 Å². The fourth-order valence-corrected chi connectivity index (χ4v) is 2.49. The summed E-state index contributed by atoms with van der Waals surface area (Å²) in [4.78, 5) is 23.8. The Hall–Kier alpha value is -3.22. The quantitative estimate of drug-likeness (QED) is 0.761. The maximum absolute atomic E-state index is 12.4. The van der Waals surface area contributed by atoms with Crippen LogP contribution in [0, 0.1) is 0 Å². The summed E-state index contributed by atoms with van der Waals surface area (Å²) >= 11 is 0. The smallest absolute Gasteiger partial charge is 0.326 e. The Balaban J connectivity index is 1.72. The highest BCUT2D eigenvalue weighted by molar-refractivity contribution is 5.97. The van der Waals surface area contributed by atoms with Crippen molar-refractivity contribution in [3.05, 3.63) is 53.6 Å². The van der Waals surface area contributed by atoms with Gasteiger partial charge in [0.25, 0.3) is 5.91 Å². The van der Waals surface area contributed by atoms with Gasteiger partial charge in [0.15, 0.2) is 11.5 Å². The van der Waals surface area contributed by atoms with Crippen LogP contribution in [-0.4, -0.2) is 41.3 Å². The van der Waals surface area contributed by atoms with Gasteiger partial charge in [-0.25, -0.2) is 4.79 Å². The molecule has 25 heavy (non-hydrogen) atoms. The number of phenols is 1. The number of fused-ring (bicyclic) bond motifs is 1. The van der Waals surface area contributed by atoms with E-state index < -0.39 is 17.9 Å². The SMILES string of the molecule is O=C(NC(Cc1ccc(O)cc1)C(=O)O)c1ccc2c(c1)OCCO2. The standard InChI is InChI=1S/C18H17NO6/c20-13-4-1-11(2-5-13)9-14(18(22)23)19-17(21)12-3-6-15-16(10-12)25-8-7-24-15/h1-6,10,14,20H,7-9H2,(H,19,21)(H,22,23). The molecule has 0 aromatic heterocycles. The van der Waals surface area contributed by atoms with Gasteiger partial charge in [-0.3, -0.25) is 4.79 Å². The molecule has 2 aromatic carbocycles. The summed E-state index contributed by atoms with van der Waals surface area (Å²) < 4.78 is 10.8. The number of amides is 1. The summed E-state index contributed by atoms with van der Waals surface area (Å²) in [5.74, 6) is -0.538. The van der Waals surface area contributed by atoms with Gasteiger partial charge in [0.2, 0.25) is 0 Å². The highest BCUT2D eigenvalue weighted by Gasteiger charge is 2.22. The van der Waals surface area contributed by atoms with Crippen molar-refractivity contribution in [2.24, 2.45) is 0 Å². The third-order valence-electron chi connectivity index (χ3n) is 3.78. The summed E-state index contributed by atoms with van der Waals surface area (Å²) in [6.07, 6.45) is 0.103. The predicted molar refractivity (Wildman–Crippen MR) is 88.1 cm³/mol. The number of rotatable bonds is 5. The summed E-state index contributed by atoms with van der Waals surface area (Å²) in [6, 6.07) is 9.78. The molecule has 1 aliphatic heterocycles. The molecule has 0 bridgehead atoms. The first kappa shape index (κ1) is 16.6. The molecule has 3 rings (SSSR count). The number of benzene rings is 2. The van der Waals surface area contributed by atoms with E-state index in [9.17, 15) is 19.8 Å². The van der Waals surface area contributed by atoms with Gasteiger partial charge < -0.3 is 25.0 Å². The molecule has 0 saturated carbocycles. The van der Waals surface area contributed by atoms with Crippen LogP contribution >= 0.6 is 0 Å². The van der Waals surface area contributed by atoms with E-state index in [1.165, 1.54) is 18.2 Å². The molecule has 1 atom stereocenters. The number of aromatic hydroxyl groups is 1. The van der Waals surface area contributed by atoms with Crippen molar-refractivity contribution in [1.29, 1.82) is 0 Å². The van der Waals surface area contributed by atoms with Gasteiger partial charge >= 0.3 is 5.97 Å². The van der Waals surface area contributed by atoms with Crippen LogP contribution in [-0.2, 0) is 11.2 Å². The molecule has 0 aliphatic carbocycles. The Morgan fingerprint density at radius 2 is 1.72 bits per heavy atom. The lowest BCUT2D eigenvalue weighted by atomic mass is 10.1. The largest absolute Gasteiger partial charge is 0.508 e. The van der Waals surface area contributed by atoms with Crippen LogP contribution in [0.1, 0.15) is 15.9 Å². The van der Waals surface area contributed by atoms with Crippen LogP contribution in [0.4, 0.5) is 0 Å². The lowest BCUT2D eigenvalue weighted by Crippen LogP contribution is -2.42. The first-order chi connectivity index (χ1) is 12.0. The van der Waals surface area contributed by atoms with E-state index in [2.05, 4.69) is 5.32 Å². The van der Waals surface area contributed by atoms with Gasteiger partial charge in [-0.15, -0.1) is 0 Å². The average Bonchev–Trinajstić information content (AvgIpc) is 2.62. The summed E-state index contributed by atoms with van der Waals surface area (Å²) in [6.45, 7) is 0.850. The van der Waals surface area contributed by atoms with Crippen LogP contribution in [0.2, 0.25) is 0 Å². The molecule has 1 amide bonds. The number of carbonyl (C=O) groups excluding carboxylic acids is 1. The van der Waals surface area contributed by atoms with Crippen molar-refractivity contribution in [1.82, 2.24) is 5.32 Å². The topological polar surface area (TPSA) is 105 Å². The zero-order valence-electron chi connectivity index (χ0n) is 13.3. The normalized spacial score (nSPS) is 13.8. The highest BCUT2D eigenvalue weighted by atomic mass is 16.6. The van der Waals surface area contributed by atoms with Gasteiger partial charge in [0, 0.05) is 12.0 Å². The number of aliphatic carboxylic acids is 1. The molecule has 1 aliphatic rings. The molecule has 130 valence electrons. The molecule has 1 heterocycles. The Morgan fingerprint density at radius 3 is 2.40 bits per heavy atom. The zero-order valence-corrected chi connectivity index (χ0v) is 13.3. The number of hydrogen-bond acceptors (Lipinski definition) is 5. The fourth-order valence-electron chi connectivity index (χ4n) is 2.49. The van der Waals surface area contributed by atoms with Crippen LogP contribution < -0.4 is 14.8 Å². The number of carbonyl (C=O) groups is 2. The van der Waals surface area contributed by atoms with E-state index in [4.69, 9.17) is 9.47 Å². The second-order valence-corrected chi connectivity index (χ2v) is 5.59. The maximum Gasteiger partial charge on any atom is 0.326 e. The minimum atomic E-state index is -1.14. The minimum absolute atomic E-state index is 0.0935. The van der Waals surface area contributed by atoms with Gasteiger partial charge in [0.1, 0.15) is 25.0 Å². The first-order valence-electron chi connectivity index (χ1n) is 7.74. The number of carboxylic acid groups (broad SMARTS) is 1. The molecule has 0 fully saturated rings. The summed E-state index contributed by atoms with van der Waals surface area (Å²) in [5, 5.41) is 21.2. The van der Waals surface area contributed by atoms with Crippen molar-refractivity contribution in [3.8, 4) is 17.2 Å². The molecule has 0 spiro atoms.